The van der Waals surface area contributed by atoms with E-state index >= 15 is 0 Å². The first kappa shape index (κ1) is 25.0. The van der Waals surface area contributed by atoms with Gasteiger partial charge in [-0.25, -0.2) is 8.42 Å². The second-order valence-electron chi connectivity index (χ2n) is 8.18. The lowest BCUT2D eigenvalue weighted by Crippen LogP contribution is -2.38. The van der Waals surface area contributed by atoms with Gasteiger partial charge in [-0.05, 0) is 35.7 Å². The number of rotatable bonds is 7. The summed E-state index contributed by atoms with van der Waals surface area (Å²) < 4.78 is 42.7. The Kier molecular flexibility index (Phi) is 6.97. The van der Waals surface area contributed by atoms with E-state index in [9.17, 15) is 17.8 Å². The highest BCUT2D eigenvalue weighted by Crippen LogP contribution is 2.47. The van der Waals surface area contributed by atoms with Crippen LogP contribution in [0.4, 0.5) is 5.69 Å². The van der Waals surface area contributed by atoms with Gasteiger partial charge < -0.3 is 14.2 Å². The molecule has 0 saturated carbocycles. The number of fused-ring (bicyclic) bond motifs is 4. The van der Waals surface area contributed by atoms with E-state index in [2.05, 4.69) is 28.8 Å². The Labute approximate surface area is 221 Å². The van der Waals surface area contributed by atoms with Crippen molar-refractivity contribution in [3.05, 3.63) is 69.7 Å². The van der Waals surface area contributed by atoms with E-state index in [1.165, 1.54) is 18.7 Å². The minimum Gasteiger partial charge on any atom is -0.748 e. The van der Waals surface area contributed by atoms with E-state index in [1.54, 1.807) is 23.5 Å². The van der Waals surface area contributed by atoms with Crippen LogP contribution < -0.4 is 9.47 Å². The molecule has 1 aromatic heterocycles. The second kappa shape index (κ2) is 10.0. The molecule has 11 heteroatoms. The first-order chi connectivity index (χ1) is 17.2. The third-order valence-electron chi connectivity index (χ3n) is 5.74. The summed E-state index contributed by atoms with van der Waals surface area (Å²) in [5.41, 5.74) is 1.80. The summed E-state index contributed by atoms with van der Waals surface area (Å²) in [7, 11) is -4.41. The van der Waals surface area contributed by atoms with Crippen LogP contribution in [0.2, 0.25) is 5.02 Å². The Hall–Kier alpha value is -2.63. The summed E-state index contributed by atoms with van der Waals surface area (Å²) in [4.78, 5) is 14.2. The van der Waals surface area contributed by atoms with E-state index in [4.69, 9.17) is 16.3 Å². The monoisotopic (exact) mass is 560 g/mol. The Morgan fingerprint density at radius 1 is 1.19 bits per heavy atom. The standard InChI is InChI=1S/C25H21ClN2O5S3/c1-16(29)33-12-10-28-24(35-22-8-6-17-4-2-3-5-19(17)25(22)28)15-23-27(11-13-36(30,31)32)20-14-18(26)7-9-21(20)34-23/h2-9,14-15H,10-13H2,1H3. The fourth-order valence-electron chi connectivity index (χ4n) is 4.20. The number of ether oxygens (including phenoxy) is 1. The number of anilines is 1. The maximum absolute atomic E-state index is 11.4. The molecule has 2 heterocycles. The lowest BCUT2D eigenvalue weighted by Gasteiger charge is -2.21. The van der Waals surface area contributed by atoms with Gasteiger partial charge in [-0.1, -0.05) is 59.0 Å². The molecule has 186 valence electrons. The number of hydrogen-bond acceptors (Lipinski definition) is 8. The quantitative estimate of drug-likeness (QED) is 0.178. The molecule has 0 amide bonds. The highest BCUT2D eigenvalue weighted by atomic mass is 35.5. The average molecular weight is 561 g/mol. The topological polar surface area (TPSA) is 90.6 Å². The van der Waals surface area contributed by atoms with Crippen molar-refractivity contribution in [2.24, 2.45) is 0 Å². The lowest BCUT2D eigenvalue weighted by atomic mass is 10.1. The molecule has 0 N–H and O–H groups in total. The molecule has 5 rings (SSSR count). The van der Waals surface area contributed by atoms with Gasteiger partial charge in [0.15, 0.2) is 13.2 Å². The molecule has 1 aliphatic rings. The largest absolute Gasteiger partial charge is 0.748 e. The van der Waals surface area contributed by atoms with Crippen LogP contribution in [0.5, 0.6) is 0 Å². The van der Waals surface area contributed by atoms with Crippen LogP contribution in [0.25, 0.3) is 27.1 Å². The van der Waals surface area contributed by atoms with Crippen LogP contribution in [-0.2, 0) is 26.2 Å². The third-order valence-corrected chi connectivity index (χ3v) is 8.87. The number of carbonyl (C=O) groups is 1. The fraction of sp³-hybridized carbons (Fsp3) is 0.200. The molecule has 0 radical (unpaired) electrons. The molecule has 4 aromatic rings. The summed E-state index contributed by atoms with van der Waals surface area (Å²) in [6.45, 7) is 2.06. The predicted molar refractivity (Wildman–Crippen MR) is 143 cm³/mol. The molecule has 0 bridgehead atoms. The number of halogens is 1. The molecule has 7 nitrogen and oxygen atoms in total. The smallest absolute Gasteiger partial charge is 0.302 e. The van der Waals surface area contributed by atoms with Gasteiger partial charge in [-0.3, -0.25) is 4.79 Å². The minimum atomic E-state index is -4.41. The van der Waals surface area contributed by atoms with E-state index in [1.807, 2.05) is 29.2 Å². The highest BCUT2D eigenvalue weighted by molar-refractivity contribution is 8.04. The number of thioether (sulfide) groups is 1. The Morgan fingerprint density at radius 2 is 2.00 bits per heavy atom. The maximum Gasteiger partial charge on any atom is 0.302 e. The molecule has 0 fully saturated rings. The van der Waals surface area contributed by atoms with Gasteiger partial charge >= 0.3 is 5.97 Å². The number of benzene rings is 3. The van der Waals surface area contributed by atoms with Gasteiger partial charge in [0.1, 0.15) is 4.70 Å². The van der Waals surface area contributed by atoms with Crippen LogP contribution in [0, 0.1) is 0 Å². The van der Waals surface area contributed by atoms with Crippen molar-refractivity contribution in [3.63, 3.8) is 0 Å². The Balaban J connectivity index is 1.64. The molecular weight excluding hydrogens is 540 g/mol. The maximum atomic E-state index is 11.4. The molecule has 0 atom stereocenters. The van der Waals surface area contributed by atoms with Crippen LogP contribution in [-0.4, -0.2) is 37.8 Å². The number of nitrogens with zero attached hydrogens (tertiary/aromatic N) is 2. The lowest BCUT2D eigenvalue weighted by molar-refractivity contribution is -0.669. The van der Waals surface area contributed by atoms with Gasteiger partial charge in [-0.15, -0.1) is 0 Å². The Bertz CT molecular complexity index is 1630. The first-order valence-electron chi connectivity index (χ1n) is 11.1. The number of thiazole rings is 1. The molecule has 0 unspecified atom stereocenters. The van der Waals surface area contributed by atoms with Crippen molar-refractivity contribution >= 4 is 83.5 Å². The summed E-state index contributed by atoms with van der Waals surface area (Å²) in [5.74, 6) is -0.871. The number of hydrogen-bond donors (Lipinski definition) is 0. The van der Waals surface area contributed by atoms with E-state index in [0.717, 1.165) is 41.6 Å². The summed E-state index contributed by atoms with van der Waals surface area (Å²) >= 11 is 9.31. The highest BCUT2D eigenvalue weighted by Gasteiger charge is 2.29. The predicted octanol–water partition coefficient (Wildman–Crippen LogP) is 5.01. The van der Waals surface area contributed by atoms with Crippen LogP contribution in [0.3, 0.4) is 0 Å². The molecule has 1 aliphatic heterocycles. The summed E-state index contributed by atoms with van der Waals surface area (Å²) in [6.07, 6.45) is 1.99. The number of carbonyl (C=O) groups excluding carboxylic acids is 1. The van der Waals surface area contributed by atoms with Crippen LogP contribution >= 0.6 is 34.7 Å². The molecule has 0 aliphatic carbocycles. The average Bonchev–Trinajstić information content (AvgIpc) is 3.34. The van der Waals surface area contributed by atoms with Gasteiger partial charge in [0.25, 0.3) is 5.01 Å². The number of esters is 1. The minimum absolute atomic E-state index is 0.0132. The number of aromatic nitrogens is 1. The summed E-state index contributed by atoms with van der Waals surface area (Å²) in [5, 5.41) is 4.40. The Morgan fingerprint density at radius 3 is 2.78 bits per heavy atom. The van der Waals surface area contributed by atoms with E-state index in [0.29, 0.717) is 11.6 Å². The molecular formula is C25H21ClN2O5S3. The van der Waals surface area contributed by atoms with Crippen LogP contribution in [0.1, 0.15) is 11.9 Å². The van der Waals surface area contributed by atoms with Crippen LogP contribution in [0.15, 0.2) is 64.5 Å². The van der Waals surface area contributed by atoms with Crippen molar-refractivity contribution in [2.75, 3.05) is 23.8 Å². The molecule has 3 aromatic carbocycles. The van der Waals surface area contributed by atoms with E-state index < -0.39 is 15.9 Å². The van der Waals surface area contributed by atoms with E-state index in [-0.39, 0.29) is 19.1 Å². The van der Waals surface area contributed by atoms with Gasteiger partial charge in [0, 0.05) is 23.4 Å². The normalized spacial score (nSPS) is 14.6. The molecule has 0 saturated heterocycles. The first-order valence-corrected chi connectivity index (χ1v) is 14.7. The zero-order valence-corrected chi connectivity index (χ0v) is 22.3. The molecule has 36 heavy (non-hydrogen) atoms. The van der Waals surface area contributed by atoms with Gasteiger partial charge in [0.05, 0.1) is 38.0 Å². The van der Waals surface area contributed by atoms with Gasteiger partial charge in [0.2, 0.25) is 5.52 Å². The van der Waals surface area contributed by atoms with Crippen molar-refractivity contribution in [1.82, 2.24) is 0 Å². The van der Waals surface area contributed by atoms with Crippen molar-refractivity contribution in [3.8, 4) is 0 Å². The van der Waals surface area contributed by atoms with Crippen molar-refractivity contribution in [2.45, 2.75) is 18.4 Å². The summed E-state index contributed by atoms with van der Waals surface area (Å²) in [6, 6.07) is 17.7. The zero-order valence-electron chi connectivity index (χ0n) is 19.1. The van der Waals surface area contributed by atoms with Crippen molar-refractivity contribution in [1.29, 1.82) is 0 Å². The molecule has 0 spiro atoms. The third kappa shape index (κ3) is 5.23. The zero-order chi connectivity index (χ0) is 25.4. The SMILES string of the molecule is CC(=O)OCC[n+]1c(C=C2Sc3ccc(Cl)cc3N2CCS(=O)(=O)[O-])sc2ccc3ccccc3c21. The fourth-order valence-corrected chi connectivity index (χ4v) is 7.10. The van der Waals surface area contributed by atoms with Crippen molar-refractivity contribution < 1.29 is 27.1 Å². The van der Waals surface area contributed by atoms with Gasteiger partial charge in [-0.2, -0.15) is 4.57 Å². The second-order valence-corrected chi connectivity index (χ2v) is 12.3.